The molecule has 6 nitrogen and oxygen atoms in total. The van der Waals surface area contributed by atoms with Crippen LogP contribution in [-0.4, -0.2) is 55.8 Å². The van der Waals surface area contributed by atoms with Crippen molar-refractivity contribution >= 4 is 17.6 Å². The molecule has 1 aliphatic carbocycles. The number of aliphatic imine (C=N–C) groups is 1. The number of fused-ring (bicyclic) bond motifs is 1. The van der Waals surface area contributed by atoms with Crippen molar-refractivity contribution in [2.75, 3.05) is 32.8 Å². The fourth-order valence-electron chi connectivity index (χ4n) is 3.62. The molecule has 1 aromatic rings. The molecule has 2 fully saturated rings. The number of hydrogen-bond acceptors (Lipinski definition) is 4. The summed E-state index contributed by atoms with van der Waals surface area (Å²) in [6.07, 6.45) is 3.91. The molecule has 1 saturated heterocycles. The fraction of sp³-hybridized carbons (Fsp3) is 0.632. The Kier molecular flexibility index (Phi) is 5.41. The standard InChI is InChI=1S/C19H27ClN4O2/c1-2-21-19(23-14-5-6-24(12-14)15-3-4-15)22-11-13-9-16(20)18-17(10-13)25-7-8-26-18/h9-10,14-15H,2-8,11-12H2,1H3,(H2,21,22,23). The van der Waals surface area contributed by atoms with E-state index in [1.54, 1.807) is 0 Å². The van der Waals surface area contributed by atoms with Crippen molar-refractivity contribution in [3.63, 3.8) is 0 Å². The normalized spacial score (nSPS) is 23.2. The molecule has 142 valence electrons. The van der Waals surface area contributed by atoms with E-state index in [0.29, 0.717) is 42.3 Å². The maximum Gasteiger partial charge on any atom is 0.191 e. The summed E-state index contributed by atoms with van der Waals surface area (Å²) in [5.74, 6) is 2.21. The van der Waals surface area contributed by atoms with Crippen LogP contribution in [0.4, 0.5) is 0 Å². The number of nitrogens with one attached hydrogen (secondary N) is 2. The number of rotatable bonds is 5. The van der Waals surface area contributed by atoms with Crippen LogP contribution in [0.5, 0.6) is 11.5 Å². The lowest BCUT2D eigenvalue weighted by Gasteiger charge is -2.20. The van der Waals surface area contributed by atoms with Gasteiger partial charge in [-0.3, -0.25) is 4.90 Å². The van der Waals surface area contributed by atoms with Crippen LogP contribution in [0.25, 0.3) is 0 Å². The highest BCUT2D eigenvalue weighted by atomic mass is 35.5. The number of likely N-dealkylation sites (tertiary alicyclic amines) is 1. The number of guanidine groups is 1. The summed E-state index contributed by atoms with van der Waals surface area (Å²) in [6, 6.07) is 5.18. The van der Waals surface area contributed by atoms with Gasteiger partial charge in [0.2, 0.25) is 0 Å². The van der Waals surface area contributed by atoms with Crippen molar-refractivity contribution in [1.29, 1.82) is 0 Å². The van der Waals surface area contributed by atoms with Gasteiger partial charge in [0.25, 0.3) is 0 Å². The molecule has 26 heavy (non-hydrogen) atoms. The van der Waals surface area contributed by atoms with Gasteiger partial charge >= 0.3 is 0 Å². The first-order valence-electron chi connectivity index (χ1n) is 9.60. The molecule has 7 heteroatoms. The minimum Gasteiger partial charge on any atom is -0.486 e. The quantitative estimate of drug-likeness (QED) is 0.608. The summed E-state index contributed by atoms with van der Waals surface area (Å²) in [7, 11) is 0. The molecule has 2 aliphatic heterocycles. The molecule has 0 radical (unpaired) electrons. The summed E-state index contributed by atoms with van der Waals surface area (Å²) in [4.78, 5) is 7.34. The van der Waals surface area contributed by atoms with Crippen molar-refractivity contribution in [3.8, 4) is 11.5 Å². The third-order valence-corrected chi connectivity index (χ3v) is 5.33. The smallest absolute Gasteiger partial charge is 0.191 e. The van der Waals surface area contributed by atoms with Gasteiger partial charge in [0.05, 0.1) is 11.6 Å². The third kappa shape index (κ3) is 4.18. The van der Waals surface area contributed by atoms with Gasteiger partial charge in [-0.05, 0) is 43.9 Å². The number of ether oxygens (including phenoxy) is 2. The largest absolute Gasteiger partial charge is 0.486 e. The van der Waals surface area contributed by atoms with Crippen molar-refractivity contribution in [2.24, 2.45) is 4.99 Å². The van der Waals surface area contributed by atoms with Gasteiger partial charge < -0.3 is 20.1 Å². The first-order chi connectivity index (χ1) is 12.7. The average Bonchev–Trinajstić information content (AvgIpc) is 3.39. The lowest BCUT2D eigenvalue weighted by Crippen LogP contribution is -2.44. The van der Waals surface area contributed by atoms with E-state index in [4.69, 9.17) is 26.1 Å². The molecule has 2 heterocycles. The Labute approximate surface area is 159 Å². The zero-order chi connectivity index (χ0) is 17.9. The molecule has 3 aliphatic rings. The van der Waals surface area contributed by atoms with Gasteiger partial charge in [-0.25, -0.2) is 4.99 Å². The lowest BCUT2D eigenvalue weighted by molar-refractivity contribution is 0.171. The van der Waals surface area contributed by atoms with Crippen LogP contribution >= 0.6 is 11.6 Å². The molecule has 0 amide bonds. The Hall–Kier alpha value is -1.66. The van der Waals surface area contributed by atoms with Crippen LogP contribution < -0.4 is 20.1 Å². The highest BCUT2D eigenvalue weighted by Gasteiger charge is 2.34. The molecule has 2 N–H and O–H groups in total. The van der Waals surface area contributed by atoms with Gasteiger partial charge in [0.1, 0.15) is 13.2 Å². The van der Waals surface area contributed by atoms with Gasteiger partial charge in [0.15, 0.2) is 17.5 Å². The summed E-state index contributed by atoms with van der Waals surface area (Å²) < 4.78 is 11.2. The molecular formula is C19H27ClN4O2. The predicted molar refractivity (Wildman–Crippen MR) is 103 cm³/mol. The van der Waals surface area contributed by atoms with Crippen LogP contribution in [0.3, 0.4) is 0 Å². The SMILES string of the molecule is CCNC(=NCc1cc(Cl)c2c(c1)OCCO2)NC1CCN(C2CC2)C1. The summed E-state index contributed by atoms with van der Waals surface area (Å²) in [5.41, 5.74) is 1.02. The Morgan fingerprint density at radius 2 is 2.12 bits per heavy atom. The molecular weight excluding hydrogens is 352 g/mol. The van der Waals surface area contributed by atoms with Crippen molar-refractivity contribution < 1.29 is 9.47 Å². The second-order valence-electron chi connectivity index (χ2n) is 7.15. The third-order valence-electron chi connectivity index (χ3n) is 5.04. The molecule has 1 saturated carbocycles. The number of hydrogen-bond donors (Lipinski definition) is 2. The van der Waals surface area contributed by atoms with E-state index in [2.05, 4.69) is 22.5 Å². The van der Waals surface area contributed by atoms with E-state index in [1.165, 1.54) is 25.8 Å². The fourth-order valence-corrected chi connectivity index (χ4v) is 3.90. The van der Waals surface area contributed by atoms with E-state index < -0.39 is 0 Å². The monoisotopic (exact) mass is 378 g/mol. The summed E-state index contributed by atoms with van der Waals surface area (Å²) >= 11 is 6.32. The van der Waals surface area contributed by atoms with Gasteiger partial charge in [0, 0.05) is 31.7 Å². The number of halogens is 1. The first kappa shape index (κ1) is 17.7. The topological polar surface area (TPSA) is 58.1 Å². The Balaban J connectivity index is 1.40. The highest BCUT2D eigenvalue weighted by molar-refractivity contribution is 6.32. The van der Waals surface area contributed by atoms with E-state index in [-0.39, 0.29) is 0 Å². The van der Waals surface area contributed by atoms with E-state index in [9.17, 15) is 0 Å². The first-order valence-corrected chi connectivity index (χ1v) is 9.97. The zero-order valence-corrected chi connectivity index (χ0v) is 16.0. The summed E-state index contributed by atoms with van der Waals surface area (Å²) in [6.45, 7) is 6.88. The lowest BCUT2D eigenvalue weighted by atomic mass is 10.2. The minimum atomic E-state index is 0.470. The average molecular weight is 379 g/mol. The van der Waals surface area contributed by atoms with Crippen molar-refractivity contribution in [2.45, 2.75) is 44.8 Å². The molecule has 1 aromatic carbocycles. The second-order valence-corrected chi connectivity index (χ2v) is 7.56. The maximum atomic E-state index is 6.32. The molecule has 1 atom stereocenters. The maximum absolute atomic E-state index is 6.32. The Bertz CT molecular complexity index is 678. The Morgan fingerprint density at radius 3 is 2.92 bits per heavy atom. The minimum absolute atomic E-state index is 0.470. The van der Waals surface area contributed by atoms with Gasteiger partial charge in [-0.2, -0.15) is 0 Å². The van der Waals surface area contributed by atoms with Crippen LogP contribution in [0, 0.1) is 0 Å². The van der Waals surface area contributed by atoms with Crippen LogP contribution in [0.1, 0.15) is 31.7 Å². The zero-order valence-electron chi connectivity index (χ0n) is 15.3. The molecule has 4 rings (SSSR count). The highest BCUT2D eigenvalue weighted by Crippen LogP contribution is 2.38. The summed E-state index contributed by atoms with van der Waals surface area (Å²) in [5, 5.41) is 7.52. The predicted octanol–water partition coefficient (Wildman–Crippen LogP) is 2.40. The van der Waals surface area contributed by atoms with Crippen molar-refractivity contribution in [3.05, 3.63) is 22.7 Å². The molecule has 0 bridgehead atoms. The van der Waals surface area contributed by atoms with Gasteiger partial charge in [-0.1, -0.05) is 11.6 Å². The molecule has 0 spiro atoms. The number of benzene rings is 1. The van der Waals surface area contributed by atoms with Crippen LogP contribution in [0.2, 0.25) is 5.02 Å². The number of nitrogens with zero attached hydrogens (tertiary/aromatic N) is 2. The second kappa shape index (κ2) is 7.92. The van der Waals surface area contributed by atoms with Gasteiger partial charge in [-0.15, -0.1) is 0 Å². The van der Waals surface area contributed by atoms with Crippen molar-refractivity contribution in [1.82, 2.24) is 15.5 Å². The van der Waals surface area contributed by atoms with E-state index in [1.807, 2.05) is 12.1 Å². The molecule has 1 unspecified atom stereocenters. The van der Waals surface area contributed by atoms with Crippen LogP contribution in [-0.2, 0) is 6.54 Å². The Morgan fingerprint density at radius 1 is 1.27 bits per heavy atom. The molecule has 0 aromatic heterocycles. The van der Waals surface area contributed by atoms with E-state index in [0.717, 1.165) is 30.7 Å². The van der Waals surface area contributed by atoms with Crippen LogP contribution in [0.15, 0.2) is 17.1 Å². The van der Waals surface area contributed by atoms with E-state index >= 15 is 0 Å².